The zero-order valence-electron chi connectivity index (χ0n) is 16.6. The Morgan fingerprint density at radius 3 is 2.43 bits per heavy atom. The molecule has 1 aliphatic rings. The number of carbonyl (C=O) groups is 1. The van der Waals surface area contributed by atoms with Crippen molar-refractivity contribution in [1.82, 2.24) is 19.2 Å². The molecule has 1 aliphatic heterocycles. The predicted molar refractivity (Wildman–Crippen MR) is 112 cm³/mol. The van der Waals surface area contributed by atoms with Gasteiger partial charge in [-0.1, -0.05) is 29.8 Å². The lowest BCUT2D eigenvalue weighted by atomic mass is 10.2. The lowest BCUT2D eigenvalue weighted by molar-refractivity contribution is -0.134. The number of benzene rings is 2. The van der Waals surface area contributed by atoms with E-state index in [0.29, 0.717) is 19.0 Å². The first-order chi connectivity index (χ1) is 14.4. The average Bonchev–Trinajstić information content (AvgIpc) is 2.78. The molecule has 0 saturated carbocycles. The zero-order valence-corrected chi connectivity index (χ0v) is 17.4. The van der Waals surface area contributed by atoms with Gasteiger partial charge >= 0.3 is 0 Å². The average molecular weight is 426 g/mol. The number of ether oxygens (including phenoxy) is 1. The first-order valence-electron chi connectivity index (χ1n) is 9.62. The van der Waals surface area contributed by atoms with Crippen molar-refractivity contribution in [1.29, 1.82) is 0 Å². The summed E-state index contributed by atoms with van der Waals surface area (Å²) in [6.07, 6.45) is 1.40. The lowest BCUT2D eigenvalue weighted by Gasteiger charge is -2.33. The van der Waals surface area contributed by atoms with E-state index in [1.54, 1.807) is 29.2 Å². The van der Waals surface area contributed by atoms with E-state index in [1.807, 2.05) is 31.2 Å². The summed E-state index contributed by atoms with van der Waals surface area (Å²) < 4.78 is 32.6. The second-order valence-electron chi connectivity index (χ2n) is 7.08. The molecule has 1 amide bonds. The van der Waals surface area contributed by atoms with Gasteiger partial charge in [0.25, 0.3) is 5.91 Å². The minimum atomic E-state index is -3.56. The number of sulfonamides is 1. The maximum Gasteiger partial charge on any atom is 0.260 e. The highest BCUT2D eigenvalue weighted by Crippen LogP contribution is 2.21. The summed E-state index contributed by atoms with van der Waals surface area (Å²) in [6, 6.07) is 14.2. The summed E-state index contributed by atoms with van der Waals surface area (Å²) in [5, 5.41) is 0.738. The molecule has 4 rings (SSSR count). The fourth-order valence-electron chi connectivity index (χ4n) is 3.35. The van der Waals surface area contributed by atoms with Crippen molar-refractivity contribution in [2.24, 2.45) is 0 Å². The molecule has 0 N–H and O–H groups in total. The van der Waals surface area contributed by atoms with Gasteiger partial charge in [-0.25, -0.2) is 18.4 Å². The van der Waals surface area contributed by atoms with Crippen molar-refractivity contribution in [2.45, 2.75) is 11.8 Å². The number of rotatable bonds is 5. The number of piperazine rings is 1. The molecule has 1 aromatic heterocycles. The number of nitrogens with zero attached hydrogens (tertiary/aromatic N) is 4. The normalized spacial score (nSPS) is 15.3. The molecule has 0 spiro atoms. The van der Waals surface area contributed by atoms with Crippen molar-refractivity contribution in [3.63, 3.8) is 0 Å². The number of para-hydroxylation sites is 1. The van der Waals surface area contributed by atoms with Crippen LogP contribution in [0.25, 0.3) is 10.9 Å². The fourth-order valence-corrected chi connectivity index (χ4v) is 4.78. The lowest BCUT2D eigenvalue weighted by Crippen LogP contribution is -2.51. The SMILES string of the molecule is Cc1ccc(S(=O)(=O)N2CCN(C(=O)COc3ncnc4ccccc34)CC2)cc1. The van der Waals surface area contributed by atoms with Crippen LogP contribution >= 0.6 is 0 Å². The Balaban J connectivity index is 1.36. The third kappa shape index (κ3) is 4.12. The van der Waals surface area contributed by atoms with Gasteiger partial charge in [-0.05, 0) is 31.2 Å². The van der Waals surface area contributed by atoms with Crippen molar-refractivity contribution in [3.8, 4) is 5.88 Å². The van der Waals surface area contributed by atoms with Crippen LogP contribution in [0.3, 0.4) is 0 Å². The van der Waals surface area contributed by atoms with Gasteiger partial charge in [-0.3, -0.25) is 4.79 Å². The quantitative estimate of drug-likeness (QED) is 0.618. The van der Waals surface area contributed by atoms with E-state index in [0.717, 1.165) is 16.5 Å². The number of hydrogen-bond acceptors (Lipinski definition) is 6. The van der Waals surface area contributed by atoms with Crippen molar-refractivity contribution < 1.29 is 17.9 Å². The Labute approximate surface area is 175 Å². The van der Waals surface area contributed by atoms with Gasteiger partial charge in [-0.2, -0.15) is 4.31 Å². The third-order valence-corrected chi connectivity index (χ3v) is 7.00. The molecule has 0 atom stereocenters. The first-order valence-corrected chi connectivity index (χ1v) is 11.1. The molecule has 1 saturated heterocycles. The second kappa shape index (κ2) is 8.37. The molecular weight excluding hydrogens is 404 g/mol. The van der Waals surface area contributed by atoms with Gasteiger partial charge in [0.1, 0.15) is 6.33 Å². The molecule has 30 heavy (non-hydrogen) atoms. The molecule has 0 radical (unpaired) electrons. The molecule has 1 fully saturated rings. The third-order valence-electron chi connectivity index (χ3n) is 5.09. The summed E-state index contributed by atoms with van der Waals surface area (Å²) in [5.41, 5.74) is 1.74. The molecule has 2 aromatic carbocycles. The Morgan fingerprint density at radius 2 is 1.70 bits per heavy atom. The molecule has 0 aliphatic carbocycles. The van der Waals surface area contributed by atoms with E-state index in [4.69, 9.17) is 4.74 Å². The van der Waals surface area contributed by atoms with Gasteiger partial charge < -0.3 is 9.64 Å². The van der Waals surface area contributed by atoms with Crippen LogP contribution in [0.1, 0.15) is 5.56 Å². The Kier molecular flexibility index (Phi) is 5.65. The van der Waals surface area contributed by atoms with Crippen LogP contribution in [0.4, 0.5) is 0 Å². The van der Waals surface area contributed by atoms with Crippen LogP contribution < -0.4 is 4.74 Å². The molecule has 0 unspecified atom stereocenters. The Morgan fingerprint density at radius 1 is 1.00 bits per heavy atom. The highest BCUT2D eigenvalue weighted by atomic mass is 32.2. The van der Waals surface area contributed by atoms with E-state index in [1.165, 1.54) is 10.6 Å². The van der Waals surface area contributed by atoms with Gasteiger partial charge in [0, 0.05) is 26.2 Å². The van der Waals surface area contributed by atoms with Crippen LogP contribution in [0.2, 0.25) is 0 Å². The number of hydrogen-bond donors (Lipinski definition) is 0. The highest BCUT2D eigenvalue weighted by Gasteiger charge is 2.30. The summed E-state index contributed by atoms with van der Waals surface area (Å²) >= 11 is 0. The van der Waals surface area contributed by atoms with Gasteiger partial charge in [0.15, 0.2) is 6.61 Å². The van der Waals surface area contributed by atoms with E-state index in [-0.39, 0.29) is 30.5 Å². The molecule has 2 heterocycles. The second-order valence-corrected chi connectivity index (χ2v) is 9.02. The molecule has 8 nitrogen and oxygen atoms in total. The standard InChI is InChI=1S/C21H22N4O4S/c1-16-6-8-17(9-7-16)30(27,28)25-12-10-24(11-13-25)20(26)14-29-21-18-4-2-3-5-19(18)22-15-23-21/h2-9,15H,10-14H2,1H3. The Hall–Kier alpha value is -3.04. The molecular formula is C21H22N4O4S. The Bertz CT molecular complexity index is 1150. The van der Waals surface area contributed by atoms with Crippen molar-refractivity contribution >= 4 is 26.8 Å². The fraction of sp³-hybridized carbons (Fsp3) is 0.286. The predicted octanol–water partition coefficient (Wildman–Crippen LogP) is 1.85. The summed E-state index contributed by atoms with van der Waals surface area (Å²) in [5.74, 6) is 0.152. The van der Waals surface area contributed by atoms with Crippen LogP contribution in [0.5, 0.6) is 5.88 Å². The van der Waals surface area contributed by atoms with E-state index < -0.39 is 10.0 Å². The van der Waals surface area contributed by atoms with E-state index in [9.17, 15) is 13.2 Å². The molecule has 3 aromatic rings. The number of aryl methyl sites for hydroxylation is 1. The number of carbonyl (C=O) groups excluding carboxylic acids is 1. The van der Waals surface area contributed by atoms with Gasteiger partial charge in [0.05, 0.1) is 15.8 Å². The van der Waals surface area contributed by atoms with Gasteiger partial charge in [-0.15, -0.1) is 0 Å². The number of fused-ring (bicyclic) bond motifs is 1. The largest absolute Gasteiger partial charge is 0.467 e. The van der Waals surface area contributed by atoms with Crippen LogP contribution in [0.15, 0.2) is 59.8 Å². The minimum Gasteiger partial charge on any atom is -0.467 e. The van der Waals surface area contributed by atoms with Crippen LogP contribution in [0, 0.1) is 6.92 Å². The number of amides is 1. The number of aromatic nitrogens is 2. The maximum atomic E-state index is 12.8. The van der Waals surface area contributed by atoms with E-state index in [2.05, 4.69) is 9.97 Å². The summed E-state index contributed by atoms with van der Waals surface area (Å²) in [6.45, 7) is 2.88. The zero-order chi connectivity index (χ0) is 21.1. The van der Waals surface area contributed by atoms with Crippen LogP contribution in [-0.4, -0.2) is 66.3 Å². The first kappa shape index (κ1) is 20.2. The van der Waals surface area contributed by atoms with Crippen molar-refractivity contribution in [3.05, 3.63) is 60.4 Å². The van der Waals surface area contributed by atoms with E-state index >= 15 is 0 Å². The van der Waals surface area contributed by atoms with Gasteiger partial charge in [0.2, 0.25) is 15.9 Å². The summed E-state index contributed by atoms with van der Waals surface area (Å²) in [7, 11) is -3.56. The van der Waals surface area contributed by atoms with Crippen LogP contribution in [-0.2, 0) is 14.8 Å². The molecule has 9 heteroatoms. The minimum absolute atomic E-state index is 0.161. The highest BCUT2D eigenvalue weighted by molar-refractivity contribution is 7.89. The molecule has 0 bridgehead atoms. The summed E-state index contributed by atoms with van der Waals surface area (Å²) in [4.78, 5) is 22.7. The smallest absolute Gasteiger partial charge is 0.260 e. The topological polar surface area (TPSA) is 92.7 Å². The maximum absolute atomic E-state index is 12.8. The monoisotopic (exact) mass is 426 g/mol. The molecule has 156 valence electrons. The van der Waals surface area contributed by atoms with Crippen molar-refractivity contribution in [2.75, 3.05) is 32.8 Å².